The van der Waals surface area contributed by atoms with Gasteiger partial charge in [0, 0.05) is 13.1 Å². The number of nitrogens with zero attached hydrogens (tertiary/aromatic N) is 3. The second-order valence-corrected chi connectivity index (χ2v) is 7.02. The van der Waals surface area contributed by atoms with Crippen LogP contribution in [0.15, 0.2) is 17.3 Å². The Balaban J connectivity index is 2.96. The Labute approximate surface area is 113 Å². The summed E-state index contributed by atoms with van der Waals surface area (Å²) in [7, 11) is -1.98. The molecule has 1 aromatic heterocycles. The fraction of sp³-hybridized carbons (Fsp3) is 0.636. The van der Waals surface area contributed by atoms with Gasteiger partial charge in [0.2, 0.25) is 15.3 Å². The predicted molar refractivity (Wildman–Crippen MR) is 70.9 cm³/mol. The Bertz CT molecular complexity index is 488. The number of sulfonamides is 1. The average Bonchev–Trinajstić information content (AvgIpc) is 2.27. The van der Waals surface area contributed by atoms with Crippen molar-refractivity contribution >= 4 is 21.6 Å². The number of hydrogen-bond donors (Lipinski definition) is 0. The highest BCUT2D eigenvalue weighted by Crippen LogP contribution is 2.19. The van der Waals surface area contributed by atoms with E-state index in [1.807, 2.05) is 6.92 Å². The molecule has 1 unspecified atom stereocenters. The summed E-state index contributed by atoms with van der Waals surface area (Å²) in [6.07, 6.45) is 3.25. The van der Waals surface area contributed by atoms with E-state index in [4.69, 9.17) is 11.6 Å². The quantitative estimate of drug-likeness (QED) is 0.780. The normalized spacial score (nSPS) is 14.2. The largest absolute Gasteiger partial charge is 0.246 e. The summed E-state index contributed by atoms with van der Waals surface area (Å²) in [5.41, 5.74) is 0. The van der Waals surface area contributed by atoms with Crippen LogP contribution in [0, 0.1) is 5.92 Å². The molecule has 7 heteroatoms. The summed E-state index contributed by atoms with van der Waals surface area (Å²) in [6, 6.07) is -0.0781. The molecule has 0 N–H and O–H groups in total. The monoisotopic (exact) mass is 291 g/mol. The maximum absolute atomic E-state index is 12.3. The summed E-state index contributed by atoms with van der Waals surface area (Å²) >= 11 is 5.54. The summed E-state index contributed by atoms with van der Waals surface area (Å²) in [5.74, 6) is 0.430. The number of halogens is 1. The van der Waals surface area contributed by atoms with Crippen LogP contribution in [0.4, 0.5) is 0 Å². The summed E-state index contributed by atoms with van der Waals surface area (Å²) in [5, 5.41) is 0.0341. The summed E-state index contributed by atoms with van der Waals surface area (Å²) < 4.78 is 25.9. The van der Waals surface area contributed by atoms with E-state index in [1.54, 1.807) is 7.05 Å². The third kappa shape index (κ3) is 3.63. The van der Waals surface area contributed by atoms with E-state index >= 15 is 0 Å². The second-order valence-electron chi connectivity index (χ2n) is 4.69. The molecule has 0 fully saturated rings. The molecule has 1 rings (SSSR count). The van der Waals surface area contributed by atoms with Gasteiger partial charge in [-0.15, -0.1) is 0 Å². The lowest BCUT2D eigenvalue weighted by Crippen LogP contribution is -2.36. The van der Waals surface area contributed by atoms with Crippen molar-refractivity contribution in [3.05, 3.63) is 17.7 Å². The molecule has 0 bridgehead atoms. The summed E-state index contributed by atoms with van der Waals surface area (Å²) in [4.78, 5) is 7.45. The fourth-order valence-electron chi connectivity index (χ4n) is 1.67. The molecule has 1 heterocycles. The highest BCUT2D eigenvalue weighted by Gasteiger charge is 2.26. The molecule has 0 amide bonds. The Morgan fingerprint density at radius 2 is 1.78 bits per heavy atom. The maximum Gasteiger partial charge on any atom is 0.246 e. The van der Waals surface area contributed by atoms with Gasteiger partial charge in [-0.3, -0.25) is 0 Å². The van der Waals surface area contributed by atoms with Crippen LogP contribution < -0.4 is 0 Å². The molecule has 5 nitrogen and oxygen atoms in total. The standard InChI is InChI=1S/C11H18ClN3O2S/c1-8(2)5-9(3)15(4)18(16,17)10-6-13-11(12)14-7-10/h6-9H,5H2,1-4H3. The molecule has 18 heavy (non-hydrogen) atoms. The first-order valence-corrected chi connectivity index (χ1v) is 7.52. The molecule has 0 radical (unpaired) electrons. The van der Waals surface area contributed by atoms with Crippen molar-refractivity contribution in [2.24, 2.45) is 5.92 Å². The molecule has 0 aliphatic heterocycles. The van der Waals surface area contributed by atoms with Gasteiger partial charge in [0.25, 0.3) is 0 Å². The molecular weight excluding hydrogens is 274 g/mol. The van der Waals surface area contributed by atoms with Crippen LogP contribution in [0.1, 0.15) is 27.2 Å². The molecule has 102 valence electrons. The average molecular weight is 292 g/mol. The van der Waals surface area contributed by atoms with Gasteiger partial charge in [-0.05, 0) is 30.9 Å². The molecule has 0 aliphatic rings. The minimum Gasteiger partial charge on any atom is -0.225 e. The van der Waals surface area contributed by atoms with Crippen molar-refractivity contribution in [2.45, 2.75) is 38.1 Å². The molecule has 1 atom stereocenters. The molecule has 0 aromatic carbocycles. The van der Waals surface area contributed by atoms with Crippen LogP contribution in [0.3, 0.4) is 0 Å². The zero-order chi connectivity index (χ0) is 13.9. The van der Waals surface area contributed by atoms with Gasteiger partial charge in [0.15, 0.2) is 0 Å². The SMILES string of the molecule is CC(C)CC(C)N(C)S(=O)(=O)c1cnc(Cl)nc1. The Morgan fingerprint density at radius 3 is 2.22 bits per heavy atom. The van der Waals surface area contributed by atoms with Gasteiger partial charge in [-0.1, -0.05) is 13.8 Å². The lowest BCUT2D eigenvalue weighted by atomic mass is 10.1. The van der Waals surface area contributed by atoms with Crippen LogP contribution in [0.5, 0.6) is 0 Å². The van der Waals surface area contributed by atoms with Gasteiger partial charge in [-0.2, -0.15) is 4.31 Å². The second kappa shape index (κ2) is 5.95. The van der Waals surface area contributed by atoms with Crippen molar-refractivity contribution in [1.82, 2.24) is 14.3 Å². The van der Waals surface area contributed by atoms with Crippen molar-refractivity contribution in [3.63, 3.8) is 0 Å². The third-order valence-corrected chi connectivity index (χ3v) is 4.83. The van der Waals surface area contributed by atoms with E-state index in [0.717, 1.165) is 6.42 Å². The van der Waals surface area contributed by atoms with E-state index in [2.05, 4.69) is 23.8 Å². The zero-order valence-corrected chi connectivity index (χ0v) is 12.5. The first-order valence-electron chi connectivity index (χ1n) is 5.70. The summed E-state index contributed by atoms with van der Waals surface area (Å²) in [6.45, 7) is 6.00. The van der Waals surface area contributed by atoms with Crippen LogP contribution in [0.2, 0.25) is 5.28 Å². The Morgan fingerprint density at radius 1 is 1.28 bits per heavy atom. The number of hydrogen-bond acceptors (Lipinski definition) is 4. The van der Waals surface area contributed by atoms with E-state index < -0.39 is 10.0 Å². The molecular formula is C11H18ClN3O2S. The van der Waals surface area contributed by atoms with Crippen LogP contribution in [0.25, 0.3) is 0 Å². The van der Waals surface area contributed by atoms with Crippen molar-refractivity contribution in [3.8, 4) is 0 Å². The Kier molecular flexibility index (Phi) is 5.07. The van der Waals surface area contributed by atoms with Gasteiger partial charge >= 0.3 is 0 Å². The maximum atomic E-state index is 12.3. The molecule has 0 saturated carbocycles. The van der Waals surface area contributed by atoms with Gasteiger partial charge in [0.1, 0.15) is 4.90 Å². The lowest BCUT2D eigenvalue weighted by molar-refractivity contribution is 0.337. The zero-order valence-electron chi connectivity index (χ0n) is 11.0. The topological polar surface area (TPSA) is 63.2 Å². The van der Waals surface area contributed by atoms with Gasteiger partial charge < -0.3 is 0 Å². The minimum atomic E-state index is -3.55. The van der Waals surface area contributed by atoms with Crippen molar-refractivity contribution < 1.29 is 8.42 Å². The van der Waals surface area contributed by atoms with Crippen molar-refractivity contribution in [1.29, 1.82) is 0 Å². The molecule has 1 aromatic rings. The van der Waals surface area contributed by atoms with Crippen molar-refractivity contribution in [2.75, 3.05) is 7.05 Å². The predicted octanol–water partition coefficient (Wildman–Crippen LogP) is 2.19. The lowest BCUT2D eigenvalue weighted by Gasteiger charge is -2.25. The first-order chi connectivity index (χ1) is 8.25. The number of aromatic nitrogens is 2. The van der Waals surface area contributed by atoms with Crippen LogP contribution >= 0.6 is 11.6 Å². The van der Waals surface area contributed by atoms with E-state index in [1.165, 1.54) is 16.7 Å². The third-order valence-electron chi connectivity index (χ3n) is 2.71. The highest BCUT2D eigenvalue weighted by molar-refractivity contribution is 7.89. The van der Waals surface area contributed by atoms with E-state index in [0.29, 0.717) is 5.92 Å². The van der Waals surface area contributed by atoms with Crippen LogP contribution in [-0.2, 0) is 10.0 Å². The molecule has 0 aliphatic carbocycles. The van der Waals surface area contributed by atoms with E-state index in [-0.39, 0.29) is 16.2 Å². The minimum absolute atomic E-state index is 0.0341. The van der Waals surface area contributed by atoms with E-state index in [9.17, 15) is 8.42 Å². The number of rotatable bonds is 5. The first kappa shape index (κ1) is 15.3. The Hall–Kier alpha value is -0.720. The highest BCUT2D eigenvalue weighted by atomic mass is 35.5. The van der Waals surface area contributed by atoms with Crippen LogP contribution in [-0.4, -0.2) is 35.8 Å². The smallest absolute Gasteiger partial charge is 0.225 e. The fourth-order valence-corrected chi connectivity index (χ4v) is 3.03. The molecule has 0 saturated heterocycles. The molecule has 0 spiro atoms. The van der Waals surface area contributed by atoms with Gasteiger partial charge in [-0.25, -0.2) is 18.4 Å². The van der Waals surface area contributed by atoms with Gasteiger partial charge in [0.05, 0.1) is 12.4 Å².